The first-order valence-corrected chi connectivity index (χ1v) is 8.78. The molecule has 0 aliphatic carbocycles. The second-order valence-electron chi connectivity index (χ2n) is 4.31. The minimum Gasteiger partial charge on any atom is -0.362 e. The highest BCUT2D eigenvalue weighted by atomic mass is 32.2. The van der Waals surface area contributed by atoms with Crippen LogP contribution in [-0.4, -0.2) is 27.4 Å². The van der Waals surface area contributed by atoms with Gasteiger partial charge in [-0.25, -0.2) is 13.1 Å². The van der Waals surface area contributed by atoms with E-state index in [0.717, 1.165) is 17.0 Å². The molecule has 1 N–H and O–H groups in total. The van der Waals surface area contributed by atoms with Crippen LogP contribution in [0, 0.1) is 0 Å². The summed E-state index contributed by atoms with van der Waals surface area (Å²) in [5.41, 5.74) is 0.878. The standard InChI is InChI=1S/C14H16N2O3S2/c1-2-16(12-7-4-3-5-8-12)11-13(17)15-21(18,19)14-9-6-10-20-14/h3-10H,2,11H2,1H3,(H,15,17). The number of nitrogens with zero attached hydrogens (tertiary/aromatic N) is 1. The van der Waals surface area contributed by atoms with Gasteiger partial charge in [0, 0.05) is 12.2 Å². The Bertz CT molecular complexity index is 682. The molecule has 0 bridgehead atoms. The lowest BCUT2D eigenvalue weighted by Gasteiger charge is -2.22. The van der Waals surface area contributed by atoms with Gasteiger partial charge >= 0.3 is 0 Å². The lowest BCUT2D eigenvalue weighted by atomic mass is 10.3. The second-order valence-corrected chi connectivity index (χ2v) is 7.17. The Hall–Kier alpha value is -1.86. The molecular weight excluding hydrogens is 308 g/mol. The number of sulfonamides is 1. The van der Waals surface area contributed by atoms with E-state index in [1.54, 1.807) is 16.3 Å². The Kier molecular flexibility index (Phi) is 4.98. The van der Waals surface area contributed by atoms with E-state index in [2.05, 4.69) is 4.72 Å². The van der Waals surface area contributed by atoms with E-state index in [0.29, 0.717) is 6.54 Å². The van der Waals surface area contributed by atoms with E-state index in [9.17, 15) is 13.2 Å². The van der Waals surface area contributed by atoms with Crippen molar-refractivity contribution in [1.82, 2.24) is 4.72 Å². The van der Waals surface area contributed by atoms with Crippen molar-refractivity contribution in [2.24, 2.45) is 0 Å². The Morgan fingerprint density at radius 3 is 2.48 bits per heavy atom. The number of rotatable bonds is 6. The van der Waals surface area contributed by atoms with E-state index in [4.69, 9.17) is 0 Å². The highest BCUT2D eigenvalue weighted by molar-refractivity contribution is 7.92. The molecule has 5 nitrogen and oxygen atoms in total. The average Bonchev–Trinajstić information content (AvgIpc) is 3.00. The summed E-state index contributed by atoms with van der Waals surface area (Å²) in [5, 5.41) is 1.65. The monoisotopic (exact) mass is 324 g/mol. The van der Waals surface area contributed by atoms with Gasteiger partial charge in [-0.05, 0) is 30.5 Å². The zero-order chi connectivity index (χ0) is 15.3. The van der Waals surface area contributed by atoms with Crippen molar-refractivity contribution in [3.63, 3.8) is 0 Å². The molecule has 2 aromatic rings. The van der Waals surface area contributed by atoms with Crippen LogP contribution in [0.1, 0.15) is 6.92 Å². The van der Waals surface area contributed by atoms with Crippen LogP contribution in [0.25, 0.3) is 0 Å². The summed E-state index contributed by atoms with van der Waals surface area (Å²) in [7, 11) is -3.76. The molecule has 0 radical (unpaired) electrons. The maximum absolute atomic E-state index is 12.0. The topological polar surface area (TPSA) is 66.5 Å². The molecule has 0 spiro atoms. The molecule has 1 aromatic heterocycles. The van der Waals surface area contributed by atoms with Crippen LogP contribution < -0.4 is 9.62 Å². The number of para-hydroxylation sites is 1. The summed E-state index contributed by atoms with van der Waals surface area (Å²) in [6.07, 6.45) is 0. The number of carbonyl (C=O) groups is 1. The van der Waals surface area contributed by atoms with Crippen molar-refractivity contribution >= 4 is 33.0 Å². The lowest BCUT2D eigenvalue weighted by molar-refractivity contribution is -0.118. The number of likely N-dealkylation sites (N-methyl/N-ethyl adjacent to an activating group) is 1. The van der Waals surface area contributed by atoms with Crippen LogP contribution in [0.15, 0.2) is 52.1 Å². The normalized spacial score (nSPS) is 11.1. The van der Waals surface area contributed by atoms with Gasteiger partial charge in [-0.2, -0.15) is 0 Å². The van der Waals surface area contributed by atoms with Crippen molar-refractivity contribution in [2.75, 3.05) is 18.0 Å². The SMILES string of the molecule is CCN(CC(=O)NS(=O)(=O)c1cccs1)c1ccccc1. The van der Waals surface area contributed by atoms with Gasteiger partial charge < -0.3 is 4.90 Å². The quantitative estimate of drug-likeness (QED) is 0.883. The van der Waals surface area contributed by atoms with Gasteiger partial charge in [-0.3, -0.25) is 4.79 Å². The number of nitrogens with one attached hydrogen (secondary N) is 1. The van der Waals surface area contributed by atoms with Crippen molar-refractivity contribution in [3.8, 4) is 0 Å². The third kappa shape index (κ3) is 4.05. The first kappa shape index (κ1) is 15.5. The minimum atomic E-state index is -3.76. The number of anilines is 1. The van der Waals surface area contributed by atoms with E-state index in [1.807, 2.05) is 37.3 Å². The number of hydrogen-bond donors (Lipinski definition) is 1. The van der Waals surface area contributed by atoms with Gasteiger partial charge in [0.05, 0.1) is 6.54 Å². The zero-order valence-corrected chi connectivity index (χ0v) is 13.2. The molecule has 0 atom stereocenters. The van der Waals surface area contributed by atoms with Crippen molar-refractivity contribution < 1.29 is 13.2 Å². The summed E-state index contributed by atoms with van der Waals surface area (Å²) in [5.74, 6) is -0.547. The third-order valence-electron chi connectivity index (χ3n) is 2.85. The van der Waals surface area contributed by atoms with Crippen molar-refractivity contribution in [1.29, 1.82) is 0 Å². The Balaban J connectivity index is 2.04. The molecule has 0 saturated heterocycles. The summed E-state index contributed by atoms with van der Waals surface area (Å²) >= 11 is 1.08. The van der Waals surface area contributed by atoms with Crippen LogP contribution in [0.5, 0.6) is 0 Å². The van der Waals surface area contributed by atoms with Gasteiger partial charge in [-0.15, -0.1) is 11.3 Å². The van der Waals surface area contributed by atoms with Gasteiger partial charge in [0.1, 0.15) is 4.21 Å². The van der Waals surface area contributed by atoms with Gasteiger partial charge in [0.2, 0.25) is 0 Å². The smallest absolute Gasteiger partial charge is 0.273 e. The van der Waals surface area contributed by atoms with Gasteiger partial charge in [0.25, 0.3) is 15.9 Å². The number of benzene rings is 1. The molecule has 0 fully saturated rings. The molecule has 0 aliphatic rings. The summed E-state index contributed by atoms with van der Waals surface area (Å²) in [6.45, 7) is 2.51. The molecule has 2 rings (SSSR count). The molecule has 112 valence electrons. The minimum absolute atomic E-state index is 0.00881. The summed E-state index contributed by atoms with van der Waals surface area (Å²) in [4.78, 5) is 13.8. The molecule has 0 aliphatic heterocycles. The number of amides is 1. The first-order chi connectivity index (χ1) is 10.0. The van der Waals surface area contributed by atoms with E-state index in [1.165, 1.54) is 6.07 Å². The van der Waals surface area contributed by atoms with Crippen LogP contribution in [0.3, 0.4) is 0 Å². The van der Waals surface area contributed by atoms with E-state index >= 15 is 0 Å². The predicted octanol–water partition coefficient (Wildman–Crippen LogP) is 2.08. The molecular formula is C14H16N2O3S2. The number of thiophene rings is 1. The third-order valence-corrected chi connectivity index (χ3v) is 5.62. The highest BCUT2D eigenvalue weighted by Gasteiger charge is 2.20. The van der Waals surface area contributed by atoms with Crippen LogP contribution in [-0.2, 0) is 14.8 Å². The van der Waals surface area contributed by atoms with E-state index in [-0.39, 0.29) is 10.8 Å². The maximum atomic E-state index is 12.0. The number of carbonyl (C=O) groups excluding carboxylic acids is 1. The van der Waals surface area contributed by atoms with Crippen LogP contribution in [0.2, 0.25) is 0 Å². The zero-order valence-electron chi connectivity index (χ0n) is 11.5. The largest absolute Gasteiger partial charge is 0.362 e. The fraction of sp³-hybridized carbons (Fsp3) is 0.214. The first-order valence-electron chi connectivity index (χ1n) is 6.42. The fourth-order valence-electron chi connectivity index (χ4n) is 1.85. The lowest BCUT2D eigenvalue weighted by Crippen LogP contribution is -2.39. The molecule has 0 unspecified atom stereocenters. The fourth-order valence-corrected chi connectivity index (χ4v) is 3.82. The van der Waals surface area contributed by atoms with Crippen molar-refractivity contribution in [3.05, 3.63) is 47.8 Å². The average molecular weight is 324 g/mol. The molecule has 0 saturated carbocycles. The maximum Gasteiger partial charge on any atom is 0.273 e. The molecule has 1 aromatic carbocycles. The summed E-state index contributed by atoms with van der Waals surface area (Å²) < 4.78 is 26.2. The second kappa shape index (κ2) is 6.73. The molecule has 7 heteroatoms. The Morgan fingerprint density at radius 2 is 1.90 bits per heavy atom. The van der Waals surface area contributed by atoms with Crippen LogP contribution in [0.4, 0.5) is 5.69 Å². The Labute approximate surface area is 128 Å². The van der Waals surface area contributed by atoms with Crippen LogP contribution >= 0.6 is 11.3 Å². The predicted molar refractivity (Wildman–Crippen MR) is 84.0 cm³/mol. The molecule has 1 heterocycles. The van der Waals surface area contributed by atoms with Gasteiger partial charge in [-0.1, -0.05) is 24.3 Å². The molecule has 1 amide bonds. The van der Waals surface area contributed by atoms with E-state index < -0.39 is 15.9 Å². The van der Waals surface area contributed by atoms with Crippen molar-refractivity contribution in [2.45, 2.75) is 11.1 Å². The number of hydrogen-bond acceptors (Lipinski definition) is 5. The highest BCUT2D eigenvalue weighted by Crippen LogP contribution is 2.16. The molecule has 21 heavy (non-hydrogen) atoms. The summed E-state index contributed by atoms with van der Waals surface area (Å²) in [6, 6.07) is 12.5. The Morgan fingerprint density at radius 1 is 1.19 bits per heavy atom. The van der Waals surface area contributed by atoms with Gasteiger partial charge in [0.15, 0.2) is 0 Å².